The fraction of sp³-hybridized carbons (Fsp3) is 0.500. The summed E-state index contributed by atoms with van der Waals surface area (Å²) < 4.78 is 5.63. The molecule has 13 heavy (non-hydrogen) atoms. The summed E-state index contributed by atoms with van der Waals surface area (Å²) in [5.74, 6) is 0. The van der Waals surface area contributed by atoms with E-state index in [0.717, 1.165) is 13.2 Å². The molecule has 0 bridgehead atoms. The Hall–Kier alpha value is -0.820. The number of benzene rings is 1. The second-order valence-corrected chi connectivity index (χ2v) is 4.38. The molecule has 1 saturated carbocycles. The van der Waals surface area contributed by atoms with E-state index < -0.39 is 0 Å². The average molecular weight is 174 g/mol. The summed E-state index contributed by atoms with van der Waals surface area (Å²) in [4.78, 5) is 0. The Kier molecular flexibility index (Phi) is 1.37. The zero-order chi connectivity index (χ0) is 8.89. The summed E-state index contributed by atoms with van der Waals surface area (Å²) in [7, 11) is 0. The molecule has 1 fully saturated rings. The van der Waals surface area contributed by atoms with Gasteiger partial charge in [0.05, 0.1) is 13.2 Å². The lowest BCUT2D eigenvalue weighted by Crippen LogP contribution is -2.24. The molecule has 1 aromatic rings. The van der Waals surface area contributed by atoms with Gasteiger partial charge in [-0.2, -0.15) is 0 Å². The highest BCUT2D eigenvalue weighted by molar-refractivity contribution is 5.45. The maximum atomic E-state index is 5.63. The SMILES string of the molecule is Cc1cccc2c1C1(CC1)COC2. The monoisotopic (exact) mass is 174 g/mol. The minimum Gasteiger partial charge on any atom is -0.376 e. The molecule has 1 aliphatic carbocycles. The van der Waals surface area contributed by atoms with Crippen molar-refractivity contribution in [3.63, 3.8) is 0 Å². The largest absolute Gasteiger partial charge is 0.376 e. The molecule has 0 aromatic heterocycles. The summed E-state index contributed by atoms with van der Waals surface area (Å²) in [6.45, 7) is 3.99. The molecule has 1 heterocycles. The van der Waals surface area contributed by atoms with Crippen LogP contribution in [0.25, 0.3) is 0 Å². The summed E-state index contributed by atoms with van der Waals surface area (Å²) in [6.07, 6.45) is 2.65. The molecule has 1 spiro atoms. The van der Waals surface area contributed by atoms with Crippen molar-refractivity contribution in [2.45, 2.75) is 31.8 Å². The highest BCUT2D eigenvalue weighted by Crippen LogP contribution is 2.52. The van der Waals surface area contributed by atoms with E-state index in [0.29, 0.717) is 5.41 Å². The van der Waals surface area contributed by atoms with Gasteiger partial charge in [0.2, 0.25) is 0 Å². The fourth-order valence-corrected chi connectivity index (χ4v) is 2.58. The topological polar surface area (TPSA) is 9.23 Å². The van der Waals surface area contributed by atoms with Crippen molar-refractivity contribution in [3.05, 3.63) is 34.9 Å². The molecule has 1 heteroatoms. The van der Waals surface area contributed by atoms with Gasteiger partial charge in [-0.05, 0) is 36.5 Å². The molecule has 0 saturated heterocycles. The smallest absolute Gasteiger partial charge is 0.0720 e. The number of fused-ring (bicyclic) bond motifs is 2. The van der Waals surface area contributed by atoms with E-state index in [9.17, 15) is 0 Å². The van der Waals surface area contributed by atoms with Crippen molar-refractivity contribution in [1.82, 2.24) is 0 Å². The molecule has 1 aliphatic heterocycles. The van der Waals surface area contributed by atoms with E-state index in [4.69, 9.17) is 4.74 Å². The van der Waals surface area contributed by atoms with Crippen LogP contribution >= 0.6 is 0 Å². The summed E-state index contributed by atoms with van der Waals surface area (Å²) in [5.41, 5.74) is 4.90. The lowest BCUT2D eigenvalue weighted by Gasteiger charge is -2.27. The van der Waals surface area contributed by atoms with Crippen LogP contribution in [0.3, 0.4) is 0 Å². The molecule has 2 aliphatic rings. The molecular weight excluding hydrogens is 160 g/mol. The maximum Gasteiger partial charge on any atom is 0.0720 e. The molecule has 0 unspecified atom stereocenters. The second-order valence-electron chi connectivity index (χ2n) is 4.38. The van der Waals surface area contributed by atoms with Crippen molar-refractivity contribution in [1.29, 1.82) is 0 Å². The van der Waals surface area contributed by atoms with Crippen LogP contribution in [0, 0.1) is 6.92 Å². The lowest BCUT2D eigenvalue weighted by molar-refractivity contribution is 0.0835. The minimum absolute atomic E-state index is 0.429. The van der Waals surface area contributed by atoms with Crippen molar-refractivity contribution >= 4 is 0 Å². The molecule has 0 atom stereocenters. The summed E-state index contributed by atoms with van der Waals surface area (Å²) >= 11 is 0. The number of rotatable bonds is 0. The fourth-order valence-electron chi connectivity index (χ4n) is 2.58. The second kappa shape index (κ2) is 2.36. The highest BCUT2D eigenvalue weighted by Gasteiger charge is 2.48. The van der Waals surface area contributed by atoms with Crippen LogP contribution in [0.15, 0.2) is 18.2 Å². The number of hydrogen-bond acceptors (Lipinski definition) is 1. The molecule has 68 valence electrons. The lowest BCUT2D eigenvalue weighted by atomic mass is 9.87. The first-order valence-corrected chi connectivity index (χ1v) is 4.99. The Balaban J connectivity index is 2.21. The van der Waals surface area contributed by atoms with Crippen LogP contribution in [0.1, 0.15) is 29.5 Å². The third-order valence-electron chi connectivity index (χ3n) is 3.38. The van der Waals surface area contributed by atoms with Gasteiger partial charge in [0, 0.05) is 5.41 Å². The first kappa shape index (κ1) is 7.57. The zero-order valence-electron chi connectivity index (χ0n) is 7.97. The van der Waals surface area contributed by atoms with E-state index in [2.05, 4.69) is 25.1 Å². The Labute approximate surface area is 78.7 Å². The first-order valence-electron chi connectivity index (χ1n) is 4.99. The van der Waals surface area contributed by atoms with Gasteiger partial charge >= 0.3 is 0 Å². The van der Waals surface area contributed by atoms with Crippen LogP contribution in [-0.2, 0) is 16.8 Å². The van der Waals surface area contributed by atoms with Gasteiger partial charge in [-0.25, -0.2) is 0 Å². The van der Waals surface area contributed by atoms with Crippen LogP contribution in [0.2, 0.25) is 0 Å². The summed E-state index contributed by atoms with van der Waals surface area (Å²) in [6, 6.07) is 6.57. The van der Waals surface area contributed by atoms with Crippen LogP contribution in [-0.4, -0.2) is 6.61 Å². The highest BCUT2D eigenvalue weighted by atomic mass is 16.5. The van der Waals surface area contributed by atoms with Crippen molar-refractivity contribution in [2.24, 2.45) is 0 Å². The molecule has 1 nitrogen and oxygen atoms in total. The Morgan fingerprint density at radius 2 is 2.15 bits per heavy atom. The third kappa shape index (κ3) is 0.969. The summed E-state index contributed by atoms with van der Waals surface area (Å²) in [5, 5.41) is 0. The molecule has 1 aromatic carbocycles. The maximum absolute atomic E-state index is 5.63. The molecular formula is C12H14O. The van der Waals surface area contributed by atoms with Crippen molar-refractivity contribution in [3.8, 4) is 0 Å². The van der Waals surface area contributed by atoms with E-state index in [1.165, 1.54) is 24.0 Å². The number of aryl methyl sites for hydroxylation is 1. The van der Waals surface area contributed by atoms with Gasteiger partial charge < -0.3 is 4.74 Å². The third-order valence-corrected chi connectivity index (χ3v) is 3.38. The van der Waals surface area contributed by atoms with E-state index in [1.807, 2.05) is 0 Å². The first-order chi connectivity index (χ1) is 6.32. The van der Waals surface area contributed by atoms with E-state index in [-0.39, 0.29) is 0 Å². The van der Waals surface area contributed by atoms with Crippen LogP contribution in [0.5, 0.6) is 0 Å². The van der Waals surface area contributed by atoms with Crippen LogP contribution in [0.4, 0.5) is 0 Å². The van der Waals surface area contributed by atoms with E-state index >= 15 is 0 Å². The number of ether oxygens (including phenoxy) is 1. The minimum atomic E-state index is 0.429. The van der Waals surface area contributed by atoms with E-state index in [1.54, 1.807) is 5.56 Å². The van der Waals surface area contributed by atoms with Gasteiger partial charge in [0.15, 0.2) is 0 Å². The van der Waals surface area contributed by atoms with Gasteiger partial charge in [0.25, 0.3) is 0 Å². The normalized spacial score (nSPS) is 22.8. The molecule has 0 radical (unpaired) electrons. The predicted octanol–water partition coefficient (Wildman–Crippen LogP) is 2.56. The Bertz CT molecular complexity index is 350. The van der Waals surface area contributed by atoms with Crippen LogP contribution < -0.4 is 0 Å². The Morgan fingerprint density at radius 3 is 2.92 bits per heavy atom. The zero-order valence-corrected chi connectivity index (χ0v) is 7.97. The number of hydrogen-bond donors (Lipinski definition) is 0. The molecule has 0 N–H and O–H groups in total. The molecule has 3 rings (SSSR count). The Morgan fingerprint density at radius 1 is 1.31 bits per heavy atom. The quantitative estimate of drug-likeness (QED) is 0.587. The van der Waals surface area contributed by atoms with Crippen molar-refractivity contribution < 1.29 is 4.74 Å². The van der Waals surface area contributed by atoms with Gasteiger partial charge in [-0.15, -0.1) is 0 Å². The average Bonchev–Trinajstić information content (AvgIpc) is 2.86. The molecule has 0 amide bonds. The predicted molar refractivity (Wildman–Crippen MR) is 51.7 cm³/mol. The van der Waals surface area contributed by atoms with Gasteiger partial charge in [-0.1, -0.05) is 18.2 Å². The standard InChI is InChI=1S/C12H14O/c1-9-3-2-4-10-7-13-8-12(5-6-12)11(9)10/h2-4H,5-8H2,1H3. The van der Waals surface area contributed by atoms with Crippen molar-refractivity contribution in [2.75, 3.05) is 6.61 Å². The van der Waals surface area contributed by atoms with Gasteiger partial charge in [-0.3, -0.25) is 0 Å². The van der Waals surface area contributed by atoms with Gasteiger partial charge in [0.1, 0.15) is 0 Å².